The van der Waals surface area contributed by atoms with Gasteiger partial charge in [0.1, 0.15) is 19.0 Å². The zero-order chi connectivity index (χ0) is 26.0. The van der Waals surface area contributed by atoms with Gasteiger partial charge in [0.2, 0.25) is 0 Å². The third-order valence-electron chi connectivity index (χ3n) is 6.49. The van der Waals surface area contributed by atoms with E-state index in [0.717, 1.165) is 13.1 Å². The number of hydrogen-bond acceptors (Lipinski definition) is 8. The number of carbonyl (C=O) groups excluding carboxylic acids is 2. The Balaban J connectivity index is 1.85. The van der Waals surface area contributed by atoms with Gasteiger partial charge in [-0.15, -0.1) is 0 Å². The van der Waals surface area contributed by atoms with E-state index < -0.39 is 17.7 Å². The molecule has 1 amide bonds. The second-order valence-electron chi connectivity index (χ2n) is 8.43. The van der Waals surface area contributed by atoms with Gasteiger partial charge in [-0.25, -0.2) is 0 Å². The maximum Gasteiger partial charge on any atom is 0.295 e. The SMILES string of the molecule is CCN(CC)CCN1C(=O)C(=O)C(=C(O)c2ccc3c(c2)OCCO3)[C@@H]1c1cc(Br)c(O)c(OC)c1. The number of hydrogen-bond donors (Lipinski definition) is 2. The highest BCUT2D eigenvalue weighted by Crippen LogP contribution is 2.45. The van der Waals surface area contributed by atoms with Crippen LogP contribution in [-0.2, 0) is 9.59 Å². The van der Waals surface area contributed by atoms with E-state index in [1.54, 1.807) is 30.3 Å². The highest BCUT2D eigenvalue weighted by Gasteiger charge is 2.46. The fraction of sp³-hybridized carbons (Fsp3) is 0.385. The average molecular weight is 561 g/mol. The number of likely N-dealkylation sites (N-methyl/N-ethyl adjacent to an activating group) is 1. The number of Topliss-reactive ketones (excluding diaryl/α,β-unsaturated/α-hetero) is 1. The molecule has 1 atom stereocenters. The maximum absolute atomic E-state index is 13.3. The summed E-state index contributed by atoms with van der Waals surface area (Å²) in [5.41, 5.74) is 0.793. The number of halogens is 1. The number of likely N-dealkylation sites (tertiary alicyclic amines) is 1. The summed E-state index contributed by atoms with van der Waals surface area (Å²) in [4.78, 5) is 30.2. The molecule has 192 valence electrons. The molecule has 9 nitrogen and oxygen atoms in total. The van der Waals surface area contributed by atoms with Crippen molar-refractivity contribution in [3.63, 3.8) is 0 Å². The molecule has 1 fully saturated rings. The Hall–Kier alpha value is -3.24. The molecule has 0 aromatic heterocycles. The minimum atomic E-state index is -0.889. The molecule has 36 heavy (non-hydrogen) atoms. The Morgan fingerprint density at radius 2 is 1.83 bits per heavy atom. The summed E-state index contributed by atoms with van der Waals surface area (Å²) in [5.74, 6) is -0.734. The molecule has 2 aliphatic heterocycles. The second-order valence-corrected chi connectivity index (χ2v) is 9.29. The number of nitrogens with zero attached hydrogens (tertiary/aromatic N) is 2. The molecule has 0 unspecified atom stereocenters. The van der Waals surface area contributed by atoms with Gasteiger partial charge in [-0.05, 0) is 64.9 Å². The molecule has 2 N–H and O–H groups in total. The van der Waals surface area contributed by atoms with Gasteiger partial charge in [-0.3, -0.25) is 9.59 Å². The smallest absolute Gasteiger partial charge is 0.295 e. The predicted molar refractivity (Wildman–Crippen MR) is 137 cm³/mol. The van der Waals surface area contributed by atoms with Crippen LogP contribution in [0.1, 0.15) is 31.0 Å². The first-order valence-electron chi connectivity index (χ1n) is 11.8. The van der Waals surface area contributed by atoms with Crippen LogP contribution in [0.2, 0.25) is 0 Å². The highest BCUT2D eigenvalue weighted by atomic mass is 79.9. The Kier molecular flexibility index (Phi) is 7.75. The summed E-state index contributed by atoms with van der Waals surface area (Å²) in [6.45, 7) is 7.26. The van der Waals surface area contributed by atoms with E-state index in [1.807, 2.05) is 13.8 Å². The van der Waals surface area contributed by atoms with Crippen LogP contribution in [0.15, 0.2) is 40.4 Å². The molecule has 0 saturated carbocycles. The first-order valence-corrected chi connectivity index (χ1v) is 12.6. The van der Waals surface area contributed by atoms with Gasteiger partial charge in [-0.1, -0.05) is 13.8 Å². The van der Waals surface area contributed by atoms with Crippen molar-refractivity contribution in [2.24, 2.45) is 0 Å². The number of benzene rings is 2. The van der Waals surface area contributed by atoms with Gasteiger partial charge >= 0.3 is 0 Å². The van der Waals surface area contributed by atoms with E-state index in [2.05, 4.69) is 20.8 Å². The number of phenols is 1. The quantitative estimate of drug-likeness (QED) is 0.286. The summed E-state index contributed by atoms with van der Waals surface area (Å²) in [6.07, 6.45) is 0. The van der Waals surface area contributed by atoms with Gasteiger partial charge < -0.3 is 34.2 Å². The maximum atomic E-state index is 13.3. The topological polar surface area (TPSA) is 109 Å². The van der Waals surface area contributed by atoms with Crippen molar-refractivity contribution in [3.05, 3.63) is 51.5 Å². The normalized spacial score (nSPS) is 18.7. The number of phenolic OH excluding ortho intramolecular Hbond substituents is 1. The summed E-state index contributed by atoms with van der Waals surface area (Å²) in [6, 6.07) is 7.18. The van der Waals surface area contributed by atoms with E-state index >= 15 is 0 Å². The molecule has 0 bridgehead atoms. The monoisotopic (exact) mass is 560 g/mol. The lowest BCUT2D eigenvalue weighted by molar-refractivity contribution is -0.140. The molecule has 10 heteroatoms. The molecule has 2 heterocycles. The number of carbonyl (C=O) groups is 2. The summed E-state index contributed by atoms with van der Waals surface area (Å²) < 4.78 is 16.8. The number of fused-ring (bicyclic) bond motifs is 1. The van der Waals surface area contributed by atoms with Gasteiger partial charge in [0, 0.05) is 18.7 Å². The van der Waals surface area contributed by atoms with Crippen LogP contribution in [0.25, 0.3) is 5.76 Å². The zero-order valence-corrected chi connectivity index (χ0v) is 22.0. The number of amides is 1. The zero-order valence-electron chi connectivity index (χ0n) is 20.4. The number of aliphatic hydroxyl groups is 1. The van der Waals surface area contributed by atoms with Crippen molar-refractivity contribution < 1.29 is 34.0 Å². The fourth-order valence-corrected chi connectivity index (χ4v) is 4.96. The van der Waals surface area contributed by atoms with E-state index in [-0.39, 0.29) is 29.4 Å². The minimum Gasteiger partial charge on any atom is -0.507 e. The third kappa shape index (κ3) is 4.75. The largest absolute Gasteiger partial charge is 0.507 e. The van der Waals surface area contributed by atoms with Crippen molar-refractivity contribution in [2.75, 3.05) is 46.5 Å². The molecule has 4 rings (SSSR count). The highest BCUT2D eigenvalue weighted by molar-refractivity contribution is 9.10. The van der Waals surface area contributed by atoms with Gasteiger partial charge in [-0.2, -0.15) is 0 Å². The van der Waals surface area contributed by atoms with Crippen molar-refractivity contribution in [3.8, 4) is 23.0 Å². The lowest BCUT2D eigenvalue weighted by Crippen LogP contribution is -2.38. The Labute approximate surface area is 218 Å². The standard InChI is InChI=1S/C26H29BrN2O7/c1-4-28(5-2)8-9-29-22(16-12-17(27)24(31)20(14-16)34-3)21(25(32)26(29)33)23(30)15-6-7-18-19(13-15)36-11-10-35-18/h6-7,12-14,22,30-31H,4-5,8-11H2,1-3H3/t22-/m0/s1. The van der Waals surface area contributed by atoms with Gasteiger partial charge in [0.25, 0.3) is 11.7 Å². The van der Waals surface area contributed by atoms with Crippen LogP contribution in [0.5, 0.6) is 23.0 Å². The Morgan fingerprint density at radius 3 is 2.50 bits per heavy atom. The number of ketones is 1. The van der Waals surface area contributed by atoms with E-state index in [4.69, 9.17) is 14.2 Å². The number of aromatic hydroxyl groups is 1. The number of aliphatic hydroxyl groups excluding tert-OH is 1. The second kappa shape index (κ2) is 10.8. The lowest BCUT2D eigenvalue weighted by Gasteiger charge is -2.28. The fourth-order valence-electron chi connectivity index (χ4n) is 4.50. The number of rotatable bonds is 8. The van der Waals surface area contributed by atoms with Crippen molar-refractivity contribution in [1.29, 1.82) is 0 Å². The lowest BCUT2D eigenvalue weighted by atomic mass is 9.94. The Morgan fingerprint density at radius 1 is 1.14 bits per heavy atom. The third-order valence-corrected chi connectivity index (χ3v) is 7.10. The molecule has 0 spiro atoms. The Bertz CT molecular complexity index is 1210. The molecule has 0 radical (unpaired) electrons. The molecule has 2 aromatic rings. The van der Waals surface area contributed by atoms with Gasteiger partial charge in [0.15, 0.2) is 23.0 Å². The van der Waals surface area contributed by atoms with Crippen molar-refractivity contribution in [1.82, 2.24) is 9.80 Å². The molecule has 2 aliphatic rings. The van der Waals surface area contributed by atoms with Crippen LogP contribution in [-0.4, -0.2) is 78.2 Å². The minimum absolute atomic E-state index is 0.0455. The number of ether oxygens (including phenoxy) is 3. The molecular weight excluding hydrogens is 532 g/mol. The predicted octanol–water partition coefficient (Wildman–Crippen LogP) is 3.70. The average Bonchev–Trinajstić information content (AvgIpc) is 3.15. The molecular formula is C26H29BrN2O7. The van der Waals surface area contributed by atoms with Crippen LogP contribution in [0, 0.1) is 0 Å². The van der Waals surface area contributed by atoms with Crippen LogP contribution in [0.3, 0.4) is 0 Å². The van der Waals surface area contributed by atoms with Crippen LogP contribution in [0.4, 0.5) is 0 Å². The van der Waals surface area contributed by atoms with Crippen molar-refractivity contribution >= 4 is 33.4 Å². The first-order chi connectivity index (χ1) is 17.3. The molecule has 0 aliphatic carbocycles. The summed E-state index contributed by atoms with van der Waals surface area (Å²) >= 11 is 3.33. The summed E-state index contributed by atoms with van der Waals surface area (Å²) in [5, 5.41) is 21.7. The number of methoxy groups -OCH3 is 1. The molecule has 1 saturated heterocycles. The van der Waals surface area contributed by atoms with E-state index in [9.17, 15) is 19.8 Å². The first kappa shape index (κ1) is 25.8. The molecule has 2 aromatic carbocycles. The van der Waals surface area contributed by atoms with E-state index in [0.29, 0.717) is 46.9 Å². The van der Waals surface area contributed by atoms with E-state index in [1.165, 1.54) is 12.0 Å². The van der Waals surface area contributed by atoms with Crippen molar-refractivity contribution in [2.45, 2.75) is 19.9 Å². The van der Waals surface area contributed by atoms with Gasteiger partial charge in [0.05, 0.1) is 23.2 Å². The van der Waals surface area contributed by atoms with Crippen LogP contribution >= 0.6 is 15.9 Å². The van der Waals surface area contributed by atoms with Crippen LogP contribution < -0.4 is 14.2 Å². The summed E-state index contributed by atoms with van der Waals surface area (Å²) in [7, 11) is 1.41.